The zero-order valence-corrected chi connectivity index (χ0v) is 12.5. The number of halogens is 2. The second-order valence-electron chi connectivity index (χ2n) is 4.63. The van der Waals surface area contributed by atoms with E-state index in [0.717, 1.165) is 32.2 Å². The second-order valence-corrected chi connectivity index (χ2v) is 4.63. The Labute approximate surface area is 125 Å². The van der Waals surface area contributed by atoms with Crippen molar-refractivity contribution in [2.75, 3.05) is 39.3 Å². The molecular weight excluding hydrogens is 291 g/mol. The molecule has 0 atom stereocenters. The van der Waals surface area contributed by atoms with Gasteiger partial charge in [-0.1, -0.05) is 0 Å². The summed E-state index contributed by atoms with van der Waals surface area (Å²) in [5, 5.41) is 2.51. The first-order valence-electron chi connectivity index (χ1n) is 6.19. The van der Waals surface area contributed by atoms with Gasteiger partial charge in [-0.05, 0) is 12.8 Å². The quantitative estimate of drug-likeness (QED) is 0.713. The molecule has 0 bridgehead atoms. The molecule has 1 heterocycles. The smallest absolute Gasteiger partial charge is 0.242 e. The van der Waals surface area contributed by atoms with Crippen LogP contribution in [0.1, 0.15) is 12.8 Å². The van der Waals surface area contributed by atoms with E-state index in [1.54, 1.807) is 0 Å². The molecule has 8 heteroatoms. The van der Waals surface area contributed by atoms with Crippen LogP contribution in [0.2, 0.25) is 0 Å². The van der Waals surface area contributed by atoms with Crippen LogP contribution in [-0.4, -0.2) is 66.9 Å². The first-order chi connectivity index (χ1) is 8.20. The van der Waals surface area contributed by atoms with Crippen molar-refractivity contribution < 1.29 is 9.59 Å². The largest absolute Gasteiger partial charge is 0.346 e. The predicted octanol–water partition coefficient (Wildman–Crippen LogP) is -0.788. The lowest BCUT2D eigenvalue weighted by Gasteiger charge is -2.34. The second kappa shape index (κ2) is 8.58. The van der Waals surface area contributed by atoms with E-state index in [1.165, 1.54) is 12.8 Å². The van der Waals surface area contributed by atoms with Gasteiger partial charge < -0.3 is 16.0 Å². The standard InChI is InChI=1S/C11H20N4O2.2ClH/c12-7-10(16)13-8-11(17)15-5-3-14(4-6-15)9-1-2-9;;/h9H,1-8,12H2,(H,13,16);2*1H. The Morgan fingerprint density at radius 1 is 1.11 bits per heavy atom. The van der Waals surface area contributed by atoms with Gasteiger partial charge in [0.25, 0.3) is 0 Å². The summed E-state index contributed by atoms with van der Waals surface area (Å²) >= 11 is 0. The highest BCUT2D eigenvalue weighted by molar-refractivity contribution is 5.86. The molecule has 2 amide bonds. The minimum absolute atomic E-state index is 0. The molecule has 0 radical (unpaired) electrons. The van der Waals surface area contributed by atoms with Crippen molar-refractivity contribution in [3.63, 3.8) is 0 Å². The number of hydrogen-bond acceptors (Lipinski definition) is 4. The van der Waals surface area contributed by atoms with E-state index >= 15 is 0 Å². The molecule has 1 saturated heterocycles. The molecule has 1 saturated carbocycles. The Morgan fingerprint density at radius 2 is 1.68 bits per heavy atom. The highest BCUT2D eigenvalue weighted by Gasteiger charge is 2.32. The summed E-state index contributed by atoms with van der Waals surface area (Å²) in [5.41, 5.74) is 5.15. The maximum atomic E-state index is 11.8. The van der Waals surface area contributed by atoms with Crippen LogP contribution >= 0.6 is 24.8 Å². The molecule has 2 rings (SSSR count). The Balaban J connectivity index is 0.00000162. The fraction of sp³-hybridized carbons (Fsp3) is 0.818. The SMILES string of the molecule is Cl.Cl.NCC(=O)NCC(=O)N1CCN(C2CC2)CC1. The van der Waals surface area contributed by atoms with Crippen molar-refractivity contribution in [2.45, 2.75) is 18.9 Å². The van der Waals surface area contributed by atoms with Gasteiger partial charge in [0.2, 0.25) is 11.8 Å². The van der Waals surface area contributed by atoms with Gasteiger partial charge in [0.15, 0.2) is 0 Å². The Bertz CT molecular complexity index is 305. The zero-order chi connectivity index (χ0) is 12.3. The van der Waals surface area contributed by atoms with Gasteiger partial charge in [0, 0.05) is 32.2 Å². The van der Waals surface area contributed by atoms with Crippen molar-refractivity contribution in [1.82, 2.24) is 15.1 Å². The molecule has 0 aromatic carbocycles. The molecule has 2 fully saturated rings. The predicted molar refractivity (Wildman–Crippen MR) is 77.7 cm³/mol. The highest BCUT2D eigenvalue weighted by atomic mass is 35.5. The Kier molecular flexibility index (Phi) is 8.33. The molecule has 3 N–H and O–H groups in total. The van der Waals surface area contributed by atoms with Crippen LogP contribution in [0.4, 0.5) is 0 Å². The average Bonchev–Trinajstić information content (AvgIpc) is 3.20. The van der Waals surface area contributed by atoms with Crippen molar-refractivity contribution in [3.05, 3.63) is 0 Å². The van der Waals surface area contributed by atoms with E-state index in [0.29, 0.717) is 0 Å². The minimum Gasteiger partial charge on any atom is -0.346 e. The number of nitrogens with one attached hydrogen (secondary N) is 1. The minimum atomic E-state index is -0.282. The number of piperazine rings is 1. The molecule has 0 spiro atoms. The molecule has 0 aromatic heterocycles. The Hall–Kier alpha value is -0.560. The Morgan fingerprint density at radius 3 is 2.16 bits per heavy atom. The van der Waals surface area contributed by atoms with Crippen molar-refractivity contribution in [3.8, 4) is 0 Å². The van der Waals surface area contributed by atoms with Crippen LogP contribution in [0.3, 0.4) is 0 Å². The first kappa shape index (κ1) is 18.4. The van der Waals surface area contributed by atoms with Gasteiger partial charge in [0.1, 0.15) is 0 Å². The summed E-state index contributed by atoms with van der Waals surface area (Å²) in [7, 11) is 0. The van der Waals surface area contributed by atoms with E-state index in [2.05, 4.69) is 10.2 Å². The molecular formula is C11H22Cl2N4O2. The summed E-state index contributed by atoms with van der Waals surface area (Å²) in [4.78, 5) is 27.0. The normalized spacial score (nSPS) is 19.1. The lowest BCUT2D eigenvalue weighted by molar-refractivity contribution is -0.134. The third-order valence-electron chi connectivity index (χ3n) is 3.35. The van der Waals surface area contributed by atoms with Gasteiger partial charge in [-0.15, -0.1) is 24.8 Å². The average molecular weight is 313 g/mol. The summed E-state index contributed by atoms with van der Waals surface area (Å²) in [6.07, 6.45) is 2.61. The van der Waals surface area contributed by atoms with Crippen molar-refractivity contribution in [1.29, 1.82) is 0 Å². The number of carbonyl (C=O) groups is 2. The number of nitrogens with two attached hydrogens (primary N) is 1. The number of nitrogens with zero attached hydrogens (tertiary/aromatic N) is 2. The van der Waals surface area contributed by atoms with Crippen LogP contribution in [0.15, 0.2) is 0 Å². The summed E-state index contributed by atoms with van der Waals surface area (Å²) in [5.74, 6) is -0.294. The van der Waals surface area contributed by atoms with E-state index in [9.17, 15) is 9.59 Å². The summed E-state index contributed by atoms with van der Waals surface area (Å²) in [6.45, 7) is 3.46. The van der Waals surface area contributed by atoms with E-state index in [1.807, 2.05) is 4.90 Å². The van der Waals surface area contributed by atoms with Crippen LogP contribution < -0.4 is 11.1 Å². The van der Waals surface area contributed by atoms with Crippen LogP contribution in [-0.2, 0) is 9.59 Å². The number of rotatable bonds is 4. The molecule has 0 aromatic rings. The number of amides is 2. The summed E-state index contributed by atoms with van der Waals surface area (Å²) in [6, 6.07) is 0.768. The molecule has 112 valence electrons. The van der Waals surface area contributed by atoms with Crippen molar-refractivity contribution >= 4 is 36.6 Å². The van der Waals surface area contributed by atoms with Crippen LogP contribution in [0.25, 0.3) is 0 Å². The van der Waals surface area contributed by atoms with Crippen molar-refractivity contribution in [2.24, 2.45) is 5.73 Å². The topological polar surface area (TPSA) is 78.7 Å². The highest BCUT2D eigenvalue weighted by Crippen LogP contribution is 2.27. The van der Waals surface area contributed by atoms with Crippen LogP contribution in [0.5, 0.6) is 0 Å². The number of carbonyl (C=O) groups excluding carboxylic acids is 2. The lowest BCUT2D eigenvalue weighted by atomic mass is 10.3. The van der Waals surface area contributed by atoms with Crippen LogP contribution in [0, 0.1) is 0 Å². The van der Waals surface area contributed by atoms with Gasteiger partial charge in [-0.3, -0.25) is 14.5 Å². The fourth-order valence-corrected chi connectivity index (χ4v) is 2.13. The third kappa shape index (κ3) is 5.52. The van der Waals surface area contributed by atoms with Gasteiger partial charge >= 0.3 is 0 Å². The maximum Gasteiger partial charge on any atom is 0.242 e. The lowest BCUT2D eigenvalue weighted by Crippen LogP contribution is -2.51. The van der Waals surface area contributed by atoms with Gasteiger partial charge in [-0.25, -0.2) is 0 Å². The molecule has 1 aliphatic heterocycles. The number of hydrogen-bond donors (Lipinski definition) is 2. The third-order valence-corrected chi connectivity index (χ3v) is 3.35. The van der Waals surface area contributed by atoms with Gasteiger partial charge in [-0.2, -0.15) is 0 Å². The summed E-state index contributed by atoms with van der Waals surface area (Å²) < 4.78 is 0. The molecule has 1 aliphatic carbocycles. The monoisotopic (exact) mass is 312 g/mol. The van der Waals surface area contributed by atoms with E-state index < -0.39 is 0 Å². The zero-order valence-electron chi connectivity index (χ0n) is 10.8. The van der Waals surface area contributed by atoms with E-state index in [-0.39, 0.29) is 49.7 Å². The molecule has 6 nitrogen and oxygen atoms in total. The fourth-order valence-electron chi connectivity index (χ4n) is 2.13. The first-order valence-corrected chi connectivity index (χ1v) is 6.19. The molecule has 2 aliphatic rings. The van der Waals surface area contributed by atoms with E-state index in [4.69, 9.17) is 5.73 Å². The van der Waals surface area contributed by atoms with Gasteiger partial charge in [0.05, 0.1) is 13.1 Å². The molecule has 19 heavy (non-hydrogen) atoms. The maximum absolute atomic E-state index is 11.8. The molecule has 0 unspecified atom stereocenters.